The number of aromatic nitrogens is 2. The monoisotopic (exact) mass is 368 g/mol. The number of hydrogen-bond donors (Lipinski definition) is 1. The highest BCUT2D eigenvalue weighted by molar-refractivity contribution is 5.81. The first-order valence-electron chi connectivity index (χ1n) is 10.1. The van der Waals surface area contributed by atoms with E-state index < -0.39 is 6.04 Å². The molecule has 5 heteroatoms. The number of nitrogens with zero attached hydrogens (tertiary/aromatic N) is 3. The molecule has 0 spiro atoms. The van der Waals surface area contributed by atoms with Crippen LogP contribution in [0.1, 0.15) is 44.4 Å². The molecule has 1 aliphatic rings. The van der Waals surface area contributed by atoms with Crippen molar-refractivity contribution in [3.05, 3.63) is 54.1 Å². The van der Waals surface area contributed by atoms with Crippen LogP contribution in [0.4, 0.5) is 0 Å². The Bertz CT molecular complexity index is 725. The second kappa shape index (κ2) is 9.18. The molecule has 5 nitrogen and oxygen atoms in total. The summed E-state index contributed by atoms with van der Waals surface area (Å²) in [4.78, 5) is 19.2. The number of imidazole rings is 1. The van der Waals surface area contributed by atoms with Crippen LogP contribution in [0, 0.1) is 11.8 Å². The molecule has 2 aromatic rings. The van der Waals surface area contributed by atoms with E-state index in [9.17, 15) is 4.79 Å². The minimum atomic E-state index is -0.513. The van der Waals surface area contributed by atoms with Crippen LogP contribution in [0.5, 0.6) is 0 Å². The summed E-state index contributed by atoms with van der Waals surface area (Å²) < 4.78 is 2.04. The van der Waals surface area contributed by atoms with Gasteiger partial charge >= 0.3 is 0 Å². The van der Waals surface area contributed by atoms with Gasteiger partial charge in [-0.05, 0) is 36.7 Å². The summed E-state index contributed by atoms with van der Waals surface area (Å²) in [5, 5.41) is 0. The number of hydrogen-bond acceptors (Lipinski definition) is 3. The van der Waals surface area contributed by atoms with E-state index in [0.29, 0.717) is 18.3 Å². The maximum Gasteiger partial charge on any atom is 0.239 e. The number of carbonyl (C=O) groups excluding carboxylic acids is 1. The molecule has 146 valence electrons. The summed E-state index contributed by atoms with van der Waals surface area (Å²) in [6.07, 6.45) is 7.68. The fourth-order valence-electron chi connectivity index (χ4n) is 3.95. The van der Waals surface area contributed by atoms with E-state index in [4.69, 9.17) is 5.73 Å². The number of rotatable bonds is 6. The minimum Gasteiger partial charge on any atom is -0.341 e. The van der Waals surface area contributed by atoms with Gasteiger partial charge in [-0.15, -0.1) is 0 Å². The molecule has 2 atom stereocenters. The van der Waals surface area contributed by atoms with Gasteiger partial charge in [-0.2, -0.15) is 0 Å². The van der Waals surface area contributed by atoms with Crippen molar-refractivity contribution in [2.45, 2.75) is 52.1 Å². The molecule has 0 radical (unpaired) electrons. The first-order valence-corrected chi connectivity index (χ1v) is 10.1. The zero-order chi connectivity index (χ0) is 19.2. The lowest BCUT2D eigenvalue weighted by Gasteiger charge is -2.24. The van der Waals surface area contributed by atoms with E-state index in [0.717, 1.165) is 38.2 Å². The molecule has 0 saturated carbocycles. The quantitative estimate of drug-likeness (QED) is 0.852. The van der Waals surface area contributed by atoms with E-state index >= 15 is 0 Å². The molecule has 1 aromatic carbocycles. The predicted molar refractivity (Wildman–Crippen MR) is 108 cm³/mol. The van der Waals surface area contributed by atoms with Crippen LogP contribution in [0.3, 0.4) is 0 Å². The van der Waals surface area contributed by atoms with Crippen molar-refractivity contribution >= 4 is 5.91 Å². The second-order valence-electron chi connectivity index (χ2n) is 8.09. The first kappa shape index (κ1) is 19.6. The molecule has 3 rings (SSSR count). The van der Waals surface area contributed by atoms with Gasteiger partial charge in [0.1, 0.15) is 0 Å². The van der Waals surface area contributed by atoms with Gasteiger partial charge in [0.2, 0.25) is 5.91 Å². The third-order valence-corrected chi connectivity index (χ3v) is 5.67. The number of carbonyl (C=O) groups is 1. The molecule has 1 fully saturated rings. The van der Waals surface area contributed by atoms with Gasteiger partial charge in [-0.1, -0.05) is 44.2 Å². The van der Waals surface area contributed by atoms with Gasteiger partial charge in [-0.25, -0.2) is 4.98 Å². The largest absolute Gasteiger partial charge is 0.341 e. The van der Waals surface area contributed by atoms with E-state index in [2.05, 4.69) is 31.0 Å². The van der Waals surface area contributed by atoms with Crippen molar-refractivity contribution in [1.29, 1.82) is 0 Å². The van der Waals surface area contributed by atoms with E-state index in [1.807, 2.05) is 40.2 Å². The molecule has 1 saturated heterocycles. The van der Waals surface area contributed by atoms with Gasteiger partial charge in [0, 0.05) is 32.3 Å². The average Bonchev–Trinajstić information content (AvgIpc) is 2.94. The van der Waals surface area contributed by atoms with E-state index in [-0.39, 0.29) is 5.91 Å². The Balaban J connectivity index is 1.54. The molecule has 0 aliphatic carbocycles. The lowest BCUT2D eigenvalue weighted by atomic mass is 9.89. The van der Waals surface area contributed by atoms with E-state index in [1.165, 1.54) is 12.0 Å². The Labute approximate surface area is 162 Å². The third-order valence-electron chi connectivity index (χ3n) is 5.67. The van der Waals surface area contributed by atoms with Gasteiger partial charge in [0.05, 0.1) is 18.1 Å². The normalized spacial score (nSPS) is 19.1. The van der Waals surface area contributed by atoms with Crippen LogP contribution in [-0.4, -0.2) is 39.5 Å². The van der Waals surface area contributed by atoms with Crippen LogP contribution < -0.4 is 5.73 Å². The number of likely N-dealkylation sites (tertiary alicyclic amines) is 1. The predicted octanol–water partition coefficient (Wildman–Crippen LogP) is 3.09. The molecular weight excluding hydrogens is 336 g/mol. The molecule has 2 N–H and O–H groups in total. The van der Waals surface area contributed by atoms with Crippen molar-refractivity contribution in [3.8, 4) is 0 Å². The van der Waals surface area contributed by atoms with Crippen LogP contribution in [0.15, 0.2) is 42.9 Å². The molecule has 1 aliphatic heterocycles. The number of nitrogens with two attached hydrogens (primary N) is 1. The molecule has 2 heterocycles. The summed E-state index contributed by atoms with van der Waals surface area (Å²) >= 11 is 0. The van der Waals surface area contributed by atoms with Crippen molar-refractivity contribution in [1.82, 2.24) is 14.5 Å². The summed E-state index contributed by atoms with van der Waals surface area (Å²) in [5.74, 6) is 1.46. The van der Waals surface area contributed by atoms with Crippen molar-refractivity contribution in [2.75, 3.05) is 13.1 Å². The highest BCUT2D eigenvalue weighted by Gasteiger charge is 2.26. The maximum absolute atomic E-state index is 12.8. The molecule has 1 unspecified atom stereocenters. The lowest BCUT2D eigenvalue weighted by Crippen LogP contribution is -2.45. The van der Waals surface area contributed by atoms with Crippen LogP contribution in [0.2, 0.25) is 0 Å². The van der Waals surface area contributed by atoms with Crippen LogP contribution in [-0.2, 0) is 17.8 Å². The minimum absolute atomic E-state index is 0.0667. The maximum atomic E-state index is 12.8. The summed E-state index contributed by atoms with van der Waals surface area (Å²) in [6, 6.07) is 9.76. The zero-order valence-corrected chi connectivity index (χ0v) is 16.6. The van der Waals surface area contributed by atoms with Crippen LogP contribution >= 0.6 is 0 Å². The fourth-order valence-corrected chi connectivity index (χ4v) is 3.95. The number of benzene rings is 1. The van der Waals surface area contributed by atoms with Gasteiger partial charge in [0.25, 0.3) is 0 Å². The Morgan fingerprint density at radius 2 is 2.00 bits per heavy atom. The summed E-state index contributed by atoms with van der Waals surface area (Å²) in [7, 11) is 0. The third kappa shape index (κ3) is 5.42. The Morgan fingerprint density at radius 1 is 1.22 bits per heavy atom. The SMILES string of the molecule is CC(C)C1CCCN(C(=O)[C@@H](N)Cc2cn(Cc3ccccc3)cn2)CC1. The first-order chi connectivity index (χ1) is 13.0. The number of amides is 1. The Kier molecular flexibility index (Phi) is 6.67. The van der Waals surface area contributed by atoms with Crippen molar-refractivity contribution < 1.29 is 4.79 Å². The summed E-state index contributed by atoms with van der Waals surface area (Å²) in [6.45, 7) is 7.00. The molecule has 1 aromatic heterocycles. The Hall–Kier alpha value is -2.14. The highest BCUT2D eigenvalue weighted by Crippen LogP contribution is 2.24. The van der Waals surface area contributed by atoms with Gasteiger partial charge in [-0.3, -0.25) is 4.79 Å². The second-order valence-corrected chi connectivity index (χ2v) is 8.09. The average molecular weight is 369 g/mol. The fraction of sp³-hybridized carbons (Fsp3) is 0.545. The highest BCUT2D eigenvalue weighted by atomic mass is 16.2. The van der Waals surface area contributed by atoms with Crippen LogP contribution in [0.25, 0.3) is 0 Å². The molecule has 1 amide bonds. The topological polar surface area (TPSA) is 64.2 Å². The molecule has 27 heavy (non-hydrogen) atoms. The summed E-state index contributed by atoms with van der Waals surface area (Å²) in [5.41, 5.74) is 8.35. The van der Waals surface area contributed by atoms with Gasteiger partial charge in [0.15, 0.2) is 0 Å². The lowest BCUT2D eigenvalue weighted by molar-refractivity contribution is -0.132. The van der Waals surface area contributed by atoms with E-state index in [1.54, 1.807) is 0 Å². The standard InChI is InChI=1S/C22H32N4O/c1-17(2)19-9-6-11-26(12-10-19)22(27)21(23)13-20-15-25(16-24-20)14-18-7-4-3-5-8-18/h3-5,7-8,15-17,19,21H,6,9-14,23H2,1-2H3/t19?,21-/m0/s1. The van der Waals surface area contributed by atoms with Gasteiger partial charge < -0.3 is 15.2 Å². The van der Waals surface area contributed by atoms with Crippen molar-refractivity contribution in [3.63, 3.8) is 0 Å². The smallest absolute Gasteiger partial charge is 0.239 e. The zero-order valence-electron chi connectivity index (χ0n) is 16.6. The Morgan fingerprint density at radius 3 is 2.74 bits per heavy atom. The molecular formula is C22H32N4O. The molecule has 0 bridgehead atoms. The van der Waals surface area contributed by atoms with Crippen molar-refractivity contribution in [2.24, 2.45) is 17.6 Å².